The van der Waals surface area contributed by atoms with Crippen molar-refractivity contribution < 1.29 is 14.3 Å². The summed E-state index contributed by atoms with van der Waals surface area (Å²) >= 11 is 6.20. The standard InChI is InChI=1S/C18H24ClN3O3.ClH/c1-25-7-6-21-17(23)13-5-4-12(9-14(13)19)22-18(24)15-10-2-3-11(8-10)16(15)20;/h4-5,9-11,15-16H,2-3,6-8,20H2,1H3,(H,21,23)(H,22,24);1H. The maximum atomic E-state index is 12.6. The van der Waals surface area contributed by atoms with Gasteiger partial charge in [-0.2, -0.15) is 0 Å². The molecule has 2 bridgehead atoms. The Balaban J connectivity index is 0.00000243. The van der Waals surface area contributed by atoms with Gasteiger partial charge in [-0.15, -0.1) is 12.4 Å². The smallest absolute Gasteiger partial charge is 0.252 e. The Morgan fingerprint density at radius 3 is 2.65 bits per heavy atom. The number of fused-ring (bicyclic) bond motifs is 2. The summed E-state index contributed by atoms with van der Waals surface area (Å²) in [4.78, 5) is 24.6. The number of nitrogens with two attached hydrogens (primary N) is 1. The van der Waals surface area contributed by atoms with Crippen molar-refractivity contribution in [1.82, 2.24) is 5.32 Å². The maximum absolute atomic E-state index is 12.6. The van der Waals surface area contributed by atoms with E-state index in [-0.39, 0.29) is 36.2 Å². The first-order chi connectivity index (χ1) is 12.0. The lowest BCUT2D eigenvalue weighted by molar-refractivity contribution is -0.121. The van der Waals surface area contributed by atoms with Crippen LogP contribution in [0.5, 0.6) is 0 Å². The zero-order valence-corrected chi connectivity index (χ0v) is 16.2. The highest BCUT2D eigenvalue weighted by atomic mass is 35.5. The highest BCUT2D eigenvalue weighted by molar-refractivity contribution is 6.34. The molecule has 2 aliphatic rings. The Kier molecular flexibility index (Phi) is 7.29. The van der Waals surface area contributed by atoms with Crippen LogP contribution in [-0.4, -0.2) is 38.1 Å². The summed E-state index contributed by atoms with van der Waals surface area (Å²) in [5.74, 6) is 0.418. The normalized spacial score (nSPS) is 26.3. The summed E-state index contributed by atoms with van der Waals surface area (Å²) in [7, 11) is 1.57. The van der Waals surface area contributed by atoms with Crippen LogP contribution in [0.3, 0.4) is 0 Å². The first kappa shape index (κ1) is 21.0. The van der Waals surface area contributed by atoms with Crippen molar-refractivity contribution in [3.8, 4) is 0 Å². The Morgan fingerprint density at radius 2 is 2.04 bits per heavy atom. The Hall–Kier alpha value is -1.34. The molecule has 4 N–H and O–H groups in total. The van der Waals surface area contributed by atoms with Crippen molar-refractivity contribution in [3.63, 3.8) is 0 Å². The fourth-order valence-electron chi connectivity index (χ4n) is 4.09. The van der Waals surface area contributed by atoms with Crippen LogP contribution >= 0.6 is 24.0 Å². The molecule has 0 aliphatic heterocycles. The fraction of sp³-hybridized carbons (Fsp3) is 0.556. The topological polar surface area (TPSA) is 93.5 Å². The predicted octanol–water partition coefficient (Wildman–Crippen LogP) is 2.45. The van der Waals surface area contributed by atoms with Gasteiger partial charge in [0.25, 0.3) is 5.91 Å². The molecule has 3 rings (SSSR count). The molecule has 4 unspecified atom stereocenters. The molecule has 2 amide bonds. The molecule has 2 fully saturated rings. The van der Waals surface area contributed by atoms with Gasteiger partial charge in [0.15, 0.2) is 0 Å². The second-order valence-electron chi connectivity index (χ2n) is 6.87. The number of nitrogens with one attached hydrogen (secondary N) is 2. The molecule has 0 radical (unpaired) electrons. The number of benzene rings is 1. The van der Waals surface area contributed by atoms with E-state index in [0.717, 1.165) is 19.3 Å². The summed E-state index contributed by atoms with van der Waals surface area (Å²) in [6.07, 6.45) is 3.27. The monoisotopic (exact) mass is 401 g/mol. The van der Waals surface area contributed by atoms with E-state index in [2.05, 4.69) is 10.6 Å². The van der Waals surface area contributed by atoms with Crippen LogP contribution in [0, 0.1) is 17.8 Å². The van der Waals surface area contributed by atoms with E-state index >= 15 is 0 Å². The van der Waals surface area contributed by atoms with Crippen LogP contribution in [0.25, 0.3) is 0 Å². The van der Waals surface area contributed by atoms with E-state index in [1.807, 2.05) is 0 Å². The van der Waals surface area contributed by atoms with Crippen LogP contribution < -0.4 is 16.4 Å². The first-order valence-electron chi connectivity index (χ1n) is 8.64. The fourth-order valence-corrected chi connectivity index (χ4v) is 4.36. The lowest BCUT2D eigenvalue weighted by Crippen LogP contribution is -2.42. The molecular formula is C18H25Cl2N3O3. The Morgan fingerprint density at radius 1 is 1.31 bits per heavy atom. The third-order valence-corrected chi connectivity index (χ3v) is 5.67. The zero-order valence-electron chi connectivity index (χ0n) is 14.7. The summed E-state index contributed by atoms with van der Waals surface area (Å²) in [5, 5.41) is 5.92. The molecule has 1 aromatic carbocycles. The van der Waals surface area contributed by atoms with E-state index < -0.39 is 0 Å². The average molecular weight is 402 g/mol. The SMILES string of the molecule is COCCNC(=O)c1ccc(NC(=O)C2C3CCC(C3)C2N)cc1Cl.Cl. The molecule has 0 aromatic heterocycles. The van der Waals surface area contributed by atoms with E-state index in [1.165, 1.54) is 0 Å². The summed E-state index contributed by atoms with van der Waals surface area (Å²) in [6.45, 7) is 0.841. The number of halogens is 2. The van der Waals surface area contributed by atoms with E-state index in [9.17, 15) is 9.59 Å². The quantitative estimate of drug-likeness (QED) is 0.638. The van der Waals surface area contributed by atoms with Crippen molar-refractivity contribution in [2.75, 3.05) is 25.6 Å². The van der Waals surface area contributed by atoms with Gasteiger partial charge in [-0.3, -0.25) is 9.59 Å². The van der Waals surface area contributed by atoms with Crippen molar-refractivity contribution in [2.45, 2.75) is 25.3 Å². The lowest BCUT2D eigenvalue weighted by atomic mass is 9.84. The zero-order chi connectivity index (χ0) is 18.0. The van der Waals surface area contributed by atoms with Gasteiger partial charge >= 0.3 is 0 Å². The van der Waals surface area contributed by atoms with Crippen LogP contribution in [0.1, 0.15) is 29.6 Å². The van der Waals surface area contributed by atoms with Gasteiger partial charge in [-0.05, 0) is 49.3 Å². The first-order valence-corrected chi connectivity index (χ1v) is 9.02. The average Bonchev–Trinajstić information content (AvgIpc) is 3.16. The number of amides is 2. The summed E-state index contributed by atoms with van der Waals surface area (Å²) < 4.78 is 4.89. The van der Waals surface area contributed by atoms with Gasteiger partial charge < -0.3 is 21.1 Å². The minimum atomic E-state index is -0.268. The van der Waals surface area contributed by atoms with Crippen molar-refractivity contribution in [1.29, 1.82) is 0 Å². The number of methoxy groups -OCH3 is 1. The predicted molar refractivity (Wildman–Crippen MR) is 104 cm³/mol. The maximum Gasteiger partial charge on any atom is 0.252 e. The molecule has 2 aliphatic carbocycles. The highest BCUT2D eigenvalue weighted by Gasteiger charge is 2.49. The van der Waals surface area contributed by atoms with Crippen molar-refractivity contribution in [3.05, 3.63) is 28.8 Å². The number of hydrogen-bond donors (Lipinski definition) is 3. The number of anilines is 1. The molecule has 0 heterocycles. The van der Waals surface area contributed by atoms with Crippen molar-refractivity contribution in [2.24, 2.45) is 23.5 Å². The molecule has 26 heavy (non-hydrogen) atoms. The van der Waals surface area contributed by atoms with Crippen LogP contribution in [0.15, 0.2) is 18.2 Å². The molecule has 2 saturated carbocycles. The van der Waals surface area contributed by atoms with Gasteiger partial charge in [0.05, 0.1) is 23.1 Å². The molecular weight excluding hydrogens is 377 g/mol. The largest absolute Gasteiger partial charge is 0.383 e. The lowest BCUT2D eigenvalue weighted by Gasteiger charge is -2.27. The van der Waals surface area contributed by atoms with E-state index in [1.54, 1.807) is 25.3 Å². The molecule has 6 nitrogen and oxygen atoms in total. The molecule has 0 spiro atoms. The molecule has 8 heteroatoms. The molecule has 0 saturated heterocycles. The van der Waals surface area contributed by atoms with E-state index in [4.69, 9.17) is 22.1 Å². The molecule has 1 aromatic rings. The van der Waals surface area contributed by atoms with Gasteiger partial charge in [0, 0.05) is 25.4 Å². The number of carbonyl (C=O) groups is 2. The van der Waals surface area contributed by atoms with Gasteiger partial charge in [0.2, 0.25) is 5.91 Å². The van der Waals surface area contributed by atoms with Gasteiger partial charge in [-0.25, -0.2) is 0 Å². The van der Waals surface area contributed by atoms with Gasteiger partial charge in [-0.1, -0.05) is 11.6 Å². The number of hydrogen-bond acceptors (Lipinski definition) is 4. The van der Waals surface area contributed by atoms with Crippen LogP contribution in [0.4, 0.5) is 5.69 Å². The van der Waals surface area contributed by atoms with Gasteiger partial charge in [0.1, 0.15) is 0 Å². The van der Waals surface area contributed by atoms with Crippen LogP contribution in [-0.2, 0) is 9.53 Å². The number of carbonyl (C=O) groups excluding carboxylic acids is 2. The third-order valence-electron chi connectivity index (χ3n) is 5.36. The Bertz CT molecular complexity index is 669. The molecule has 144 valence electrons. The minimum Gasteiger partial charge on any atom is -0.383 e. The summed E-state index contributed by atoms with van der Waals surface area (Å²) in [5.41, 5.74) is 7.17. The third kappa shape index (κ3) is 4.31. The number of rotatable bonds is 6. The minimum absolute atomic E-state index is 0. The second kappa shape index (κ2) is 9.04. The van der Waals surface area contributed by atoms with Crippen LogP contribution in [0.2, 0.25) is 5.02 Å². The number of ether oxygens (including phenoxy) is 1. The summed E-state index contributed by atoms with van der Waals surface area (Å²) in [6, 6.07) is 4.85. The van der Waals surface area contributed by atoms with E-state index in [0.29, 0.717) is 41.3 Å². The highest BCUT2D eigenvalue weighted by Crippen LogP contribution is 2.47. The second-order valence-corrected chi connectivity index (χ2v) is 7.28. The van der Waals surface area contributed by atoms with Crippen molar-refractivity contribution >= 4 is 41.5 Å². The molecule has 4 atom stereocenters. The Labute approximate surface area is 164 Å².